The van der Waals surface area contributed by atoms with E-state index in [1.807, 2.05) is 0 Å². The number of nitrogens with zero attached hydrogens (tertiary/aromatic N) is 1. The Hall–Kier alpha value is -0.290. The number of halogens is 3. The van der Waals surface area contributed by atoms with Crippen molar-refractivity contribution in [1.29, 1.82) is 0 Å². The predicted molar refractivity (Wildman–Crippen MR) is 60.8 cm³/mol. The van der Waals surface area contributed by atoms with Crippen molar-refractivity contribution >= 4 is 0 Å². The molecule has 17 heavy (non-hydrogen) atoms. The molecule has 0 aromatic heterocycles. The first-order valence-corrected chi connectivity index (χ1v) is 6.48. The van der Waals surface area contributed by atoms with Gasteiger partial charge in [0, 0.05) is 25.2 Å². The number of rotatable bonds is 3. The van der Waals surface area contributed by atoms with Gasteiger partial charge in [-0.3, -0.25) is 4.90 Å². The molecule has 1 heterocycles. The summed E-state index contributed by atoms with van der Waals surface area (Å²) in [4.78, 5) is 2.38. The van der Waals surface area contributed by atoms with Crippen LogP contribution in [0.15, 0.2) is 0 Å². The summed E-state index contributed by atoms with van der Waals surface area (Å²) in [6.07, 6.45) is 0.481. The average Bonchev–Trinajstić information content (AvgIpc) is 2.10. The highest BCUT2D eigenvalue weighted by atomic mass is 19.4. The van der Waals surface area contributed by atoms with E-state index >= 15 is 0 Å². The highest BCUT2D eigenvalue weighted by molar-refractivity contribution is 4.89. The van der Waals surface area contributed by atoms with Crippen molar-refractivity contribution in [2.45, 2.75) is 50.9 Å². The Kier molecular flexibility index (Phi) is 3.98. The lowest BCUT2D eigenvalue weighted by molar-refractivity contribution is -0.127. The third-order valence-corrected chi connectivity index (χ3v) is 3.87. The highest BCUT2D eigenvalue weighted by Crippen LogP contribution is 2.29. The van der Waals surface area contributed by atoms with Crippen LogP contribution in [0.5, 0.6) is 0 Å². The molecule has 2 unspecified atom stereocenters. The van der Waals surface area contributed by atoms with Crippen molar-refractivity contribution in [3.05, 3.63) is 0 Å². The normalized spacial score (nSPS) is 32.5. The zero-order valence-corrected chi connectivity index (χ0v) is 10.3. The van der Waals surface area contributed by atoms with E-state index in [0.29, 0.717) is 12.0 Å². The maximum Gasteiger partial charge on any atom is 0.401 e. The van der Waals surface area contributed by atoms with Gasteiger partial charge in [0.05, 0.1) is 6.54 Å². The van der Waals surface area contributed by atoms with Crippen LogP contribution in [0, 0.1) is 5.92 Å². The van der Waals surface area contributed by atoms with Crippen molar-refractivity contribution in [2.75, 3.05) is 19.6 Å². The molecule has 0 amide bonds. The fourth-order valence-corrected chi connectivity index (χ4v) is 2.85. The van der Waals surface area contributed by atoms with E-state index in [0.717, 1.165) is 19.5 Å². The SMILES string of the molecule is CC1CC(NCC(F)(F)F)CN(C2CCC2)C1. The molecule has 2 atom stereocenters. The smallest absolute Gasteiger partial charge is 0.305 e. The Morgan fingerprint density at radius 1 is 1.24 bits per heavy atom. The lowest BCUT2D eigenvalue weighted by Crippen LogP contribution is -2.54. The lowest BCUT2D eigenvalue weighted by atomic mass is 9.87. The van der Waals surface area contributed by atoms with Gasteiger partial charge in [-0.15, -0.1) is 0 Å². The first-order valence-electron chi connectivity index (χ1n) is 6.48. The van der Waals surface area contributed by atoms with Crippen LogP contribution in [-0.2, 0) is 0 Å². The Labute approximate surface area is 101 Å². The van der Waals surface area contributed by atoms with E-state index in [1.54, 1.807) is 0 Å². The molecule has 0 aromatic rings. The summed E-state index contributed by atoms with van der Waals surface area (Å²) in [6, 6.07) is 0.633. The second-order valence-corrected chi connectivity index (χ2v) is 5.57. The summed E-state index contributed by atoms with van der Waals surface area (Å²) in [5.41, 5.74) is 0. The van der Waals surface area contributed by atoms with E-state index in [9.17, 15) is 13.2 Å². The molecule has 5 heteroatoms. The van der Waals surface area contributed by atoms with Crippen LogP contribution in [0.3, 0.4) is 0 Å². The number of hydrogen-bond acceptors (Lipinski definition) is 2. The van der Waals surface area contributed by atoms with Gasteiger partial charge in [0.25, 0.3) is 0 Å². The summed E-state index contributed by atoms with van der Waals surface area (Å²) in [6.45, 7) is 3.11. The van der Waals surface area contributed by atoms with Crippen molar-refractivity contribution < 1.29 is 13.2 Å². The van der Waals surface area contributed by atoms with Gasteiger partial charge in [0.2, 0.25) is 0 Å². The second-order valence-electron chi connectivity index (χ2n) is 5.57. The number of hydrogen-bond donors (Lipinski definition) is 1. The minimum absolute atomic E-state index is 0.000903. The van der Waals surface area contributed by atoms with Crippen molar-refractivity contribution in [2.24, 2.45) is 5.92 Å². The molecule has 2 nitrogen and oxygen atoms in total. The van der Waals surface area contributed by atoms with Crippen LogP contribution in [-0.4, -0.2) is 42.8 Å². The molecule has 1 aliphatic carbocycles. The monoisotopic (exact) mass is 250 g/mol. The largest absolute Gasteiger partial charge is 0.401 e. The first kappa shape index (κ1) is 13.1. The molecule has 0 radical (unpaired) electrons. The van der Waals surface area contributed by atoms with Gasteiger partial charge >= 0.3 is 6.18 Å². The standard InChI is InChI=1S/C12H21F3N2/c1-9-5-10(16-8-12(13,14)15)7-17(6-9)11-3-2-4-11/h9-11,16H,2-8H2,1H3. The van der Waals surface area contributed by atoms with Crippen molar-refractivity contribution in [3.63, 3.8) is 0 Å². The Morgan fingerprint density at radius 2 is 1.94 bits per heavy atom. The van der Waals surface area contributed by atoms with Crippen LogP contribution in [0.2, 0.25) is 0 Å². The molecular formula is C12H21F3N2. The zero-order valence-electron chi connectivity index (χ0n) is 10.3. The van der Waals surface area contributed by atoms with Gasteiger partial charge in [-0.25, -0.2) is 0 Å². The van der Waals surface area contributed by atoms with Gasteiger partial charge in [-0.1, -0.05) is 13.3 Å². The molecule has 0 bridgehead atoms. The Morgan fingerprint density at radius 3 is 2.47 bits per heavy atom. The summed E-state index contributed by atoms with van der Waals surface area (Å²) in [7, 11) is 0. The van der Waals surface area contributed by atoms with Crippen LogP contribution in [0.1, 0.15) is 32.6 Å². The number of nitrogens with one attached hydrogen (secondary N) is 1. The Bertz CT molecular complexity index is 251. The molecule has 2 rings (SSSR count). The summed E-state index contributed by atoms with van der Waals surface area (Å²) >= 11 is 0. The fraction of sp³-hybridized carbons (Fsp3) is 1.00. The first-order chi connectivity index (χ1) is 7.94. The molecule has 2 fully saturated rings. The number of alkyl halides is 3. The molecule has 1 saturated carbocycles. The van der Waals surface area contributed by atoms with Crippen molar-refractivity contribution in [1.82, 2.24) is 10.2 Å². The van der Waals surface area contributed by atoms with Crippen LogP contribution >= 0.6 is 0 Å². The molecule has 0 aromatic carbocycles. The fourth-order valence-electron chi connectivity index (χ4n) is 2.85. The molecule has 100 valence electrons. The lowest BCUT2D eigenvalue weighted by Gasteiger charge is -2.44. The van der Waals surface area contributed by atoms with Gasteiger partial charge in [-0.2, -0.15) is 13.2 Å². The molecule has 1 aliphatic heterocycles. The summed E-state index contributed by atoms with van der Waals surface area (Å²) < 4.78 is 36.5. The molecular weight excluding hydrogens is 229 g/mol. The maximum atomic E-state index is 12.2. The molecule has 1 saturated heterocycles. The summed E-state index contributed by atoms with van der Waals surface area (Å²) in [5, 5.41) is 2.66. The topological polar surface area (TPSA) is 15.3 Å². The zero-order chi connectivity index (χ0) is 12.5. The second kappa shape index (κ2) is 5.14. The Balaban J connectivity index is 1.81. The van der Waals surface area contributed by atoms with Gasteiger partial charge in [0.15, 0.2) is 0 Å². The van der Waals surface area contributed by atoms with Gasteiger partial charge < -0.3 is 5.32 Å². The van der Waals surface area contributed by atoms with Gasteiger partial charge in [-0.05, 0) is 25.2 Å². The minimum Gasteiger partial charge on any atom is -0.305 e. The number of likely N-dealkylation sites (tertiary alicyclic amines) is 1. The predicted octanol–water partition coefficient (Wildman–Crippen LogP) is 2.40. The third kappa shape index (κ3) is 3.85. The average molecular weight is 250 g/mol. The van der Waals surface area contributed by atoms with E-state index in [1.165, 1.54) is 19.3 Å². The molecule has 0 spiro atoms. The van der Waals surface area contributed by atoms with E-state index in [4.69, 9.17) is 0 Å². The van der Waals surface area contributed by atoms with Gasteiger partial charge in [0.1, 0.15) is 0 Å². The molecule has 1 N–H and O–H groups in total. The highest BCUT2D eigenvalue weighted by Gasteiger charge is 2.34. The van der Waals surface area contributed by atoms with Crippen LogP contribution < -0.4 is 5.32 Å². The van der Waals surface area contributed by atoms with Crippen LogP contribution in [0.25, 0.3) is 0 Å². The van der Waals surface area contributed by atoms with Crippen LogP contribution in [0.4, 0.5) is 13.2 Å². The quantitative estimate of drug-likeness (QED) is 0.827. The third-order valence-electron chi connectivity index (χ3n) is 3.87. The minimum atomic E-state index is -4.10. The van der Waals surface area contributed by atoms with E-state index in [-0.39, 0.29) is 6.04 Å². The van der Waals surface area contributed by atoms with Crippen molar-refractivity contribution in [3.8, 4) is 0 Å². The van der Waals surface area contributed by atoms with E-state index < -0.39 is 12.7 Å². The number of piperidine rings is 1. The summed E-state index contributed by atoms with van der Waals surface area (Å²) in [5.74, 6) is 0.495. The van der Waals surface area contributed by atoms with E-state index in [2.05, 4.69) is 17.1 Å². The maximum absolute atomic E-state index is 12.2. The molecule has 2 aliphatic rings.